The number of carbonyl (C=O) groups excluding carboxylic acids is 2. The van der Waals surface area contributed by atoms with Gasteiger partial charge in [-0.1, -0.05) is 0 Å². The lowest BCUT2D eigenvalue weighted by molar-refractivity contribution is -0.378. The second-order valence-electron chi connectivity index (χ2n) is 3.07. The summed E-state index contributed by atoms with van der Waals surface area (Å²) in [7, 11) is 1.26. The van der Waals surface area contributed by atoms with Gasteiger partial charge in [-0.05, 0) is 12.1 Å². The first-order valence-electron chi connectivity index (χ1n) is 4.67. The van der Waals surface area contributed by atoms with Gasteiger partial charge in [0.25, 0.3) is 0 Å². The summed E-state index contributed by atoms with van der Waals surface area (Å²) < 4.78 is 4.55. The average Bonchev–Trinajstić information content (AvgIpc) is 2.28. The normalized spacial score (nSPS) is 10.8. The van der Waals surface area contributed by atoms with Crippen molar-refractivity contribution in [2.24, 2.45) is 0 Å². The fourth-order valence-electron chi connectivity index (χ4n) is 1.11. The molecule has 0 aliphatic heterocycles. The van der Waals surface area contributed by atoms with Gasteiger partial charge in [-0.2, -0.15) is 0 Å². The molecule has 0 unspecified atom stereocenters. The Bertz CT molecular complexity index is 412. The van der Waals surface area contributed by atoms with Crippen LogP contribution in [0, 0.1) is 0 Å². The van der Waals surface area contributed by atoms with E-state index in [9.17, 15) is 9.59 Å². The molecule has 0 aromatic carbocycles. The summed E-state index contributed by atoms with van der Waals surface area (Å²) in [4.78, 5) is 25.1. The molecule has 84 valence electrons. The van der Waals surface area contributed by atoms with Crippen LogP contribution in [-0.2, 0) is 14.3 Å². The van der Waals surface area contributed by atoms with E-state index in [0.717, 1.165) is 5.56 Å². The van der Waals surface area contributed by atoms with Crippen LogP contribution in [0.2, 0.25) is 0 Å². The minimum atomic E-state index is -0.584. The molecule has 1 rings (SSSR count). The zero-order valence-corrected chi connectivity index (χ0v) is 9.11. The topological polar surface area (TPSA) is 69.5 Å². The third-order valence-electron chi connectivity index (χ3n) is 1.76. The molecule has 0 saturated heterocycles. The molecule has 16 heavy (non-hydrogen) atoms. The highest BCUT2D eigenvalue weighted by atomic mass is 16.5. The summed E-state index contributed by atoms with van der Waals surface area (Å²) >= 11 is 0. The van der Waals surface area contributed by atoms with E-state index in [1.807, 2.05) is 0 Å². The first kappa shape index (κ1) is 11.9. The van der Waals surface area contributed by atoms with Crippen LogP contribution in [0.4, 0.5) is 0 Å². The van der Waals surface area contributed by atoms with Crippen molar-refractivity contribution in [3.8, 4) is 0 Å². The molecule has 0 aliphatic rings. The van der Waals surface area contributed by atoms with Crippen LogP contribution in [0.15, 0.2) is 30.2 Å². The second kappa shape index (κ2) is 5.65. The Morgan fingerprint density at radius 1 is 1.50 bits per heavy atom. The molecule has 0 saturated carbocycles. The maximum atomic E-state index is 11.3. The molecule has 1 aromatic rings. The molecular weight excluding hydrogens is 208 g/mol. The zero-order chi connectivity index (χ0) is 12.0. The predicted molar refractivity (Wildman–Crippen MR) is 56.8 cm³/mol. The van der Waals surface area contributed by atoms with Gasteiger partial charge in [0.05, 0.1) is 7.11 Å². The Hall–Kier alpha value is -2.17. The first-order valence-corrected chi connectivity index (χ1v) is 4.67. The number of rotatable bonds is 3. The fraction of sp³-hybridized carbons (Fsp3) is 0.182. The van der Waals surface area contributed by atoms with Crippen LogP contribution in [0.3, 0.4) is 0 Å². The number of hydrogen-bond acceptors (Lipinski definition) is 3. The van der Waals surface area contributed by atoms with E-state index < -0.39 is 5.97 Å². The summed E-state index contributed by atoms with van der Waals surface area (Å²) in [5, 5.41) is 2.41. The minimum Gasteiger partial charge on any atom is -0.464 e. The number of hydrogen-bond donors (Lipinski definition) is 1. The molecule has 5 heteroatoms. The lowest BCUT2D eigenvalue weighted by Gasteiger charge is -2.04. The molecule has 0 bridgehead atoms. The Balaban J connectivity index is 2.96. The van der Waals surface area contributed by atoms with Gasteiger partial charge in [0.15, 0.2) is 12.4 Å². The van der Waals surface area contributed by atoms with Crippen LogP contribution in [-0.4, -0.2) is 19.0 Å². The highest BCUT2D eigenvalue weighted by molar-refractivity contribution is 5.97. The highest BCUT2D eigenvalue weighted by Crippen LogP contribution is 2.03. The maximum Gasteiger partial charge on any atom is 0.354 e. The quantitative estimate of drug-likeness (QED) is 0.583. The summed E-state index contributed by atoms with van der Waals surface area (Å²) in [6, 6.07) is 3.58. The smallest absolute Gasteiger partial charge is 0.354 e. The van der Waals surface area contributed by atoms with Crippen molar-refractivity contribution in [3.63, 3.8) is 0 Å². The Morgan fingerprint density at radius 3 is 2.75 bits per heavy atom. The number of esters is 1. The molecule has 0 fully saturated rings. The molecule has 0 atom stereocenters. The lowest BCUT2D eigenvalue weighted by Crippen LogP contribution is -2.25. The summed E-state index contributed by atoms with van der Waals surface area (Å²) in [6.45, 7) is 1.33. The number of nitrogens with one attached hydrogen (secondary N) is 2. The number of amides is 1. The van der Waals surface area contributed by atoms with Crippen LogP contribution in [0.1, 0.15) is 12.5 Å². The zero-order valence-electron chi connectivity index (χ0n) is 9.11. The van der Waals surface area contributed by atoms with Crippen LogP contribution in [0.25, 0.3) is 6.08 Å². The van der Waals surface area contributed by atoms with E-state index in [-0.39, 0.29) is 11.6 Å². The SMILES string of the molecule is COC(=O)/C(=C/c1ccc[nH+]c1)NC(C)=O. The van der Waals surface area contributed by atoms with Gasteiger partial charge in [-0.15, -0.1) is 0 Å². The van der Waals surface area contributed by atoms with E-state index in [0.29, 0.717) is 0 Å². The van der Waals surface area contributed by atoms with Crippen molar-refractivity contribution in [2.75, 3.05) is 7.11 Å². The minimum absolute atomic E-state index is 0.106. The monoisotopic (exact) mass is 221 g/mol. The molecule has 0 aliphatic carbocycles. The van der Waals surface area contributed by atoms with Gasteiger partial charge >= 0.3 is 5.97 Å². The number of aromatic amines is 1. The number of pyridine rings is 1. The third kappa shape index (κ3) is 3.53. The van der Waals surface area contributed by atoms with Crippen LogP contribution < -0.4 is 10.3 Å². The Kier molecular flexibility index (Phi) is 4.20. The molecule has 1 aromatic heterocycles. The molecule has 2 N–H and O–H groups in total. The predicted octanol–water partition coefficient (Wildman–Crippen LogP) is 0.151. The standard InChI is InChI=1S/C11H12N2O3/c1-8(14)13-10(11(15)16-2)6-9-4-3-5-12-7-9/h3-7H,1-2H3,(H,13,14)/p+1/b10-6-. The average molecular weight is 221 g/mol. The van der Waals surface area contributed by atoms with Gasteiger partial charge in [-0.3, -0.25) is 4.79 Å². The van der Waals surface area contributed by atoms with Gasteiger partial charge < -0.3 is 10.1 Å². The maximum absolute atomic E-state index is 11.3. The Labute approximate surface area is 93.1 Å². The molecule has 5 nitrogen and oxygen atoms in total. The largest absolute Gasteiger partial charge is 0.464 e. The number of carbonyl (C=O) groups is 2. The van der Waals surface area contributed by atoms with Crippen molar-refractivity contribution in [1.82, 2.24) is 5.32 Å². The van der Waals surface area contributed by atoms with Crippen LogP contribution >= 0.6 is 0 Å². The van der Waals surface area contributed by atoms with Crippen molar-refractivity contribution in [3.05, 3.63) is 35.8 Å². The van der Waals surface area contributed by atoms with E-state index in [1.54, 1.807) is 24.5 Å². The lowest BCUT2D eigenvalue weighted by atomic mass is 10.2. The summed E-state index contributed by atoms with van der Waals surface area (Å²) in [6.07, 6.45) is 4.97. The van der Waals surface area contributed by atoms with E-state index in [2.05, 4.69) is 15.0 Å². The summed E-state index contributed by atoms with van der Waals surface area (Å²) in [5.41, 5.74) is 0.867. The Morgan fingerprint density at radius 2 is 2.25 bits per heavy atom. The number of methoxy groups -OCH3 is 1. The third-order valence-corrected chi connectivity index (χ3v) is 1.76. The van der Waals surface area contributed by atoms with E-state index >= 15 is 0 Å². The molecule has 1 heterocycles. The number of aromatic nitrogens is 1. The first-order chi connectivity index (χ1) is 7.63. The van der Waals surface area contributed by atoms with Gasteiger partial charge in [0.2, 0.25) is 5.91 Å². The summed E-state index contributed by atoms with van der Waals surface area (Å²) in [5.74, 6) is -0.907. The number of ether oxygens (including phenoxy) is 1. The van der Waals surface area contributed by atoms with E-state index in [4.69, 9.17) is 0 Å². The van der Waals surface area contributed by atoms with E-state index in [1.165, 1.54) is 20.1 Å². The molecular formula is C11H13N2O3+. The van der Waals surface area contributed by atoms with Crippen molar-refractivity contribution >= 4 is 18.0 Å². The number of H-pyrrole nitrogens is 1. The fourth-order valence-corrected chi connectivity index (χ4v) is 1.11. The van der Waals surface area contributed by atoms with Crippen molar-refractivity contribution < 1.29 is 19.3 Å². The van der Waals surface area contributed by atoms with Gasteiger partial charge in [0.1, 0.15) is 5.70 Å². The highest BCUT2D eigenvalue weighted by Gasteiger charge is 2.11. The van der Waals surface area contributed by atoms with Crippen LogP contribution in [0.5, 0.6) is 0 Å². The van der Waals surface area contributed by atoms with Gasteiger partial charge in [0, 0.05) is 18.6 Å². The second-order valence-corrected chi connectivity index (χ2v) is 3.07. The van der Waals surface area contributed by atoms with Gasteiger partial charge in [-0.25, -0.2) is 9.78 Å². The molecule has 0 radical (unpaired) electrons. The van der Waals surface area contributed by atoms with Crippen molar-refractivity contribution in [1.29, 1.82) is 0 Å². The molecule has 1 amide bonds. The van der Waals surface area contributed by atoms with Crippen molar-refractivity contribution in [2.45, 2.75) is 6.92 Å². The molecule has 0 spiro atoms.